The molecule has 0 aliphatic heterocycles. The molecule has 2 heterocycles. The second-order valence-corrected chi connectivity index (χ2v) is 4.64. The minimum absolute atomic E-state index is 0.186. The van der Waals surface area contributed by atoms with E-state index >= 15 is 0 Å². The number of hydrogen-bond acceptors (Lipinski definition) is 3. The summed E-state index contributed by atoms with van der Waals surface area (Å²) >= 11 is 3.32. The van der Waals surface area contributed by atoms with Crippen molar-refractivity contribution in [2.75, 3.05) is 6.54 Å². The van der Waals surface area contributed by atoms with Crippen LogP contribution in [-0.2, 0) is 0 Å². The standard InChI is InChI=1S/C14H12BrN3O/c15-11-6-7-12(18-10-11)4-3-9-17-14(19)13-5-1-2-8-16-13/h1-8,10H,9H2,(H,17,19)/b4-3-. The molecule has 0 atom stereocenters. The van der Waals surface area contributed by atoms with Crippen LogP contribution in [0.2, 0.25) is 0 Å². The van der Waals surface area contributed by atoms with Gasteiger partial charge in [-0.2, -0.15) is 0 Å². The van der Waals surface area contributed by atoms with Crippen LogP contribution in [0.25, 0.3) is 6.08 Å². The lowest BCUT2D eigenvalue weighted by molar-refractivity contribution is 0.0953. The third kappa shape index (κ3) is 4.30. The van der Waals surface area contributed by atoms with E-state index in [0.717, 1.165) is 10.2 Å². The summed E-state index contributed by atoms with van der Waals surface area (Å²) in [6, 6.07) is 9.04. The molecule has 0 saturated carbocycles. The SMILES string of the molecule is O=C(NC/C=C\c1ccc(Br)cn1)c1ccccn1. The summed E-state index contributed by atoms with van der Waals surface area (Å²) in [6.07, 6.45) is 7.02. The average Bonchev–Trinajstić information content (AvgIpc) is 2.46. The van der Waals surface area contributed by atoms with Crippen LogP contribution in [0.3, 0.4) is 0 Å². The zero-order valence-electron chi connectivity index (χ0n) is 10.1. The molecule has 0 aliphatic rings. The fraction of sp³-hybridized carbons (Fsp3) is 0.0714. The van der Waals surface area contributed by atoms with Gasteiger partial charge in [-0.1, -0.05) is 12.1 Å². The molecule has 0 spiro atoms. The summed E-state index contributed by atoms with van der Waals surface area (Å²) in [6.45, 7) is 0.438. The van der Waals surface area contributed by atoms with Crippen molar-refractivity contribution in [3.05, 3.63) is 64.7 Å². The number of amides is 1. The Morgan fingerprint density at radius 1 is 1.26 bits per heavy atom. The molecule has 1 N–H and O–H groups in total. The number of rotatable bonds is 4. The van der Waals surface area contributed by atoms with Gasteiger partial charge in [0.15, 0.2) is 0 Å². The molecule has 5 heteroatoms. The maximum absolute atomic E-state index is 11.7. The molecule has 0 aliphatic carbocycles. The molecule has 0 saturated heterocycles. The highest BCUT2D eigenvalue weighted by Crippen LogP contribution is 2.07. The minimum Gasteiger partial charge on any atom is -0.347 e. The van der Waals surface area contributed by atoms with E-state index in [4.69, 9.17) is 0 Å². The first-order chi connectivity index (χ1) is 9.25. The molecular formula is C14H12BrN3O. The number of carbonyl (C=O) groups excluding carboxylic acids is 1. The van der Waals surface area contributed by atoms with Crippen LogP contribution < -0.4 is 5.32 Å². The number of aromatic nitrogens is 2. The largest absolute Gasteiger partial charge is 0.347 e. The van der Waals surface area contributed by atoms with Crippen molar-refractivity contribution in [2.45, 2.75) is 0 Å². The maximum Gasteiger partial charge on any atom is 0.270 e. The highest BCUT2D eigenvalue weighted by molar-refractivity contribution is 9.10. The number of hydrogen-bond donors (Lipinski definition) is 1. The molecule has 1 amide bonds. The van der Waals surface area contributed by atoms with E-state index in [1.165, 1.54) is 0 Å². The number of pyridine rings is 2. The summed E-state index contributed by atoms with van der Waals surface area (Å²) in [7, 11) is 0. The van der Waals surface area contributed by atoms with Gasteiger partial charge in [-0.05, 0) is 46.3 Å². The molecule has 2 aromatic rings. The first kappa shape index (κ1) is 13.4. The van der Waals surface area contributed by atoms with E-state index in [1.54, 1.807) is 30.6 Å². The third-order valence-electron chi connectivity index (χ3n) is 2.32. The molecule has 96 valence electrons. The van der Waals surface area contributed by atoms with E-state index in [0.29, 0.717) is 12.2 Å². The molecule has 0 bridgehead atoms. The molecule has 2 aromatic heterocycles. The number of nitrogens with one attached hydrogen (secondary N) is 1. The number of nitrogens with zero attached hydrogens (tertiary/aromatic N) is 2. The molecule has 4 nitrogen and oxygen atoms in total. The predicted octanol–water partition coefficient (Wildman–Crippen LogP) is 2.68. The Bertz CT molecular complexity index is 567. The normalized spacial score (nSPS) is 10.6. The van der Waals surface area contributed by atoms with Crippen LogP contribution in [0.1, 0.15) is 16.2 Å². The van der Waals surface area contributed by atoms with Crippen LogP contribution >= 0.6 is 15.9 Å². The zero-order chi connectivity index (χ0) is 13.5. The molecule has 0 radical (unpaired) electrons. The second kappa shape index (κ2) is 6.80. The molecule has 0 fully saturated rings. The van der Waals surface area contributed by atoms with Crippen LogP contribution in [0.5, 0.6) is 0 Å². The summed E-state index contributed by atoms with van der Waals surface area (Å²) in [4.78, 5) is 19.8. The first-order valence-electron chi connectivity index (χ1n) is 5.73. The lowest BCUT2D eigenvalue weighted by Gasteiger charge is -2.00. The van der Waals surface area contributed by atoms with E-state index in [9.17, 15) is 4.79 Å². The third-order valence-corrected chi connectivity index (χ3v) is 2.79. The van der Waals surface area contributed by atoms with Crippen LogP contribution in [0.15, 0.2) is 53.3 Å². The lowest BCUT2D eigenvalue weighted by Crippen LogP contribution is -2.24. The van der Waals surface area contributed by atoms with Crippen LogP contribution in [0.4, 0.5) is 0 Å². The Labute approximate surface area is 119 Å². The molecule has 19 heavy (non-hydrogen) atoms. The Morgan fingerprint density at radius 2 is 2.16 bits per heavy atom. The van der Waals surface area contributed by atoms with E-state index in [1.807, 2.05) is 24.3 Å². The number of carbonyl (C=O) groups is 1. The zero-order valence-corrected chi connectivity index (χ0v) is 11.7. The van der Waals surface area contributed by atoms with E-state index in [-0.39, 0.29) is 5.91 Å². The topological polar surface area (TPSA) is 54.9 Å². The van der Waals surface area contributed by atoms with Gasteiger partial charge in [0.2, 0.25) is 0 Å². The van der Waals surface area contributed by atoms with Gasteiger partial charge in [-0.3, -0.25) is 14.8 Å². The Morgan fingerprint density at radius 3 is 2.84 bits per heavy atom. The summed E-state index contributed by atoms with van der Waals surface area (Å²) in [5, 5.41) is 2.76. The molecule has 0 aromatic carbocycles. The minimum atomic E-state index is -0.186. The van der Waals surface area contributed by atoms with Crippen molar-refractivity contribution in [2.24, 2.45) is 0 Å². The van der Waals surface area contributed by atoms with Crippen LogP contribution in [-0.4, -0.2) is 22.4 Å². The quantitative estimate of drug-likeness (QED) is 0.943. The molecule has 2 rings (SSSR count). The van der Waals surface area contributed by atoms with Gasteiger partial charge in [0.05, 0.1) is 5.69 Å². The second-order valence-electron chi connectivity index (χ2n) is 3.73. The summed E-state index contributed by atoms with van der Waals surface area (Å²) in [5.41, 5.74) is 1.26. The van der Waals surface area contributed by atoms with Gasteiger partial charge in [0.25, 0.3) is 5.91 Å². The van der Waals surface area contributed by atoms with Gasteiger partial charge in [0, 0.05) is 23.4 Å². The van der Waals surface area contributed by atoms with Crippen molar-refractivity contribution in [1.82, 2.24) is 15.3 Å². The van der Waals surface area contributed by atoms with Crippen LogP contribution in [0, 0.1) is 0 Å². The maximum atomic E-state index is 11.7. The van der Waals surface area contributed by atoms with Crippen molar-refractivity contribution >= 4 is 27.9 Å². The highest BCUT2D eigenvalue weighted by atomic mass is 79.9. The number of halogens is 1. The average molecular weight is 318 g/mol. The molecular weight excluding hydrogens is 306 g/mol. The van der Waals surface area contributed by atoms with Gasteiger partial charge in [-0.15, -0.1) is 0 Å². The summed E-state index contributed by atoms with van der Waals surface area (Å²) < 4.78 is 0.938. The van der Waals surface area contributed by atoms with Crippen molar-refractivity contribution < 1.29 is 4.79 Å². The monoisotopic (exact) mass is 317 g/mol. The van der Waals surface area contributed by atoms with Crippen molar-refractivity contribution in [3.8, 4) is 0 Å². The van der Waals surface area contributed by atoms with Gasteiger partial charge in [0.1, 0.15) is 5.69 Å². The molecule has 0 unspecified atom stereocenters. The summed E-state index contributed by atoms with van der Waals surface area (Å²) in [5.74, 6) is -0.186. The van der Waals surface area contributed by atoms with E-state index in [2.05, 4.69) is 31.2 Å². The Kier molecular flexibility index (Phi) is 4.80. The van der Waals surface area contributed by atoms with Gasteiger partial charge in [-0.25, -0.2) is 0 Å². The van der Waals surface area contributed by atoms with Gasteiger partial charge < -0.3 is 5.32 Å². The van der Waals surface area contributed by atoms with E-state index < -0.39 is 0 Å². The highest BCUT2D eigenvalue weighted by Gasteiger charge is 2.02. The lowest BCUT2D eigenvalue weighted by atomic mass is 10.3. The fourth-order valence-corrected chi connectivity index (χ4v) is 1.64. The first-order valence-corrected chi connectivity index (χ1v) is 6.52. The smallest absolute Gasteiger partial charge is 0.270 e. The Hall–Kier alpha value is -2.01. The van der Waals surface area contributed by atoms with Gasteiger partial charge >= 0.3 is 0 Å². The van der Waals surface area contributed by atoms with Crippen molar-refractivity contribution in [1.29, 1.82) is 0 Å². The predicted molar refractivity (Wildman–Crippen MR) is 77.5 cm³/mol. The fourth-order valence-electron chi connectivity index (χ4n) is 1.40. The van der Waals surface area contributed by atoms with Crippen molar-refractivity contribution in [3.63, 3.8) is 0 Å². The Balaban J connectivity index is 1.83.